The highest BCUT2D eigenvalue weighted by Crippen LogP contribution is 2.32. The summed E-state index contributed by atoms with van der Waals surface area (Å²) >= 11 is 0. The van der Waals surface area contributed by atoms with Crippen molar-refractivity contribution < 1.29 is 9.16 Å². The molecule has 3 rings (SSSR count). The van der Waals surface area contributed by atoms with Crippen LogP contribution in [0.5, 0.6) is 5.75 Å². The van der Waals surface area contributed by atoms with Gasteiger partial charge in [0.1, 0.15) is 18.0 Å². The molecule has 0 unspecified atom stereocenters. The molecule has 1 saturated heterocycles. The Balaban J connectivity index is 1.56. The lowest BCUT2D eigenvalue weighted by Gasteiger charge is -2.41. The molecule has 0 N–H and O–H groups in total. The van der Waals surface area contributed by atoms with Gasteiger partial charge in [0.25, 0.3) is 0 Å². The molecule has 27 heavy (non-hydrogen) atoms. The summed E-state index contributed by atoms with van der Waals surface area (Å²) in [5, 5.41) is 9.66. The second-order valence-electron chi connectivity index (χ2n) is 8.08. The van der Waals surface area contributed by atoms with E-state index in [4.69, 9.17) is 9.16 Å². The van der Waals surface area contributed by atoms with Gasteiger partial charge in [0.05, 0.1) is 6.07 Å². The first-order valence-electron chi connectivity index (χ1n) is 9.52. The molecule has 0 saturated carbocycles. The van der Waals surface area contributed by atoms with E-state index in [1.54, 1.807) is 0 Å². The number of anilines is 1. The van der Waals surface area contributed by atoms with Crippen LogP contribution in [0.4, 0.5) is 5.69 Å². The Hall–Kier alpha value is -2.29. The molecule has 0 spiro atoms. The fraction of sp³-hybridized carbons (Fsp3) is 0.409. The molecule has 5 heteroatoms. The molecule has 1 aliphatic rings. The predicted octanol–water partition coefficient (Wildman–Crippen LogP) is 4.98. The summed E-state index contributed by atoms with van der Waals surface area (Å²) in [6, 6.07) is 20.8. The molecule has 0 atom stereocenters. The van der Waals surface area contributed by atoms with Crippen LogP contribution < -0.4 is 9.64 Å². The van der Waals surface area contributed by atoms with Crippen molar-refractivity contribution in [3.05, 3.63) is 60.2 Å². The highest BCUT2D eigenvalue weighted by Gasteiger charge is 2.39. The maximum Gasteiger partial charge on any atom is 0.185 e. The number of hydrogen-bond donors (Lipinski definition) is 0. The third kappa shape index (κ3) is 5.35. The van der Waals surface area contributed by atoms with Gasteiger partial charge in [-0.2, -0.15) is 5.26 Å². The van der Waals surface area contributed by atoms with Crippen LogP contribution in [-0.4, -0.2) is 27.0 Å². The monoisotopic (exact) mass is 380 g/mol. The van der Waals surface area contributed by atoms with Crippen LogP contribution in [0, 0.1) is 11.3 Å². The van der Waals surface area contributed by atoms with E-state index in [0.717, 1.165) is 37.2 Å². The minimum Gasteiger partial charge on any atom is -0.489 e. The Morgan fingerprint density at radius 1 is 1.00 bits per heavy atom. The number of benzene rings is 2. The summed E-state index contributed by atoms with van der Waals surface area (Å²) in [4.78, 5) is 2.32. The Kier molecular flexibility index (Phi) is 5.88. The second kappa shape index (κ2) is 8.16. The molecule has 0 aliphatic carbocycles. The highest BCUT2D eigenvalue weighted by molar-refractivity contribution is 6.69. The summed E-state index contributed by atoms with van der Waals surface area (Å²) in [5.74, 6) is 0.869. The van der Waals surface area contributed by atoms with Crippen molar-refractivity contribution in [2.75, 3.05) is 18.0 Å². The summed E-state index contributed by atoms with van der Waals surface area (Å²) in [5.41, 5.74) is 1.72. The van der Waals surface area contributed by atoms with Crippen LogP contribution in [0.2, 0.25) is 19.6 Å². The van der Waals surface area contributed by atoms with Crippen molar-refractivity contribution in [3.63, 3.8) is 0 Å². The number of piperidine rings is 1. The van der Waals surface area contributed by atoms with Gasteiger partial charge in [-0.15, -0.1) is 0 Å². The lowest BCUT2D eigenvalue weighted by Crippen LogP contribution is -2.50. The first kappa shape index (κ1) is 19.5. The normalized spacial score (nSPS) is 16.6. The van der Waals surface area contributed by atoms with Crippen LogP contribution in [-0.2, 0) is 11.0 Å². The topological polar surface area (TPSA) is 45.5 Å². The highest BCUT2D eigenvalue weighted by atomic mass is 28.4. The van der Waals surface area contributed by atoms with E-state index in [-0.39, 0.29) is 0 Å². The van der Waals surface area contributed by atoms with E-state index in [2.05, 4.69) is 54.9 Å². The Morgan fingerprint density at radius 3 is 2.19 bits per heavy atom. The summed E-state index contributed by atoms with van der Waals surface area (Å²) in [6.07, 6.45) is 1.50. The zero-order valence-electron chi connectivity index (χ0n) is 16.4. The fourth-order valence-electron chi connectivity index (χ4n) is 3.44. The van der Waals surface area contributed by atoms with E-state index in [1.807, 2.05) is 30.3 Å². The third-order valence-corrected chi connectivity index (χ3v) is 5.73. The molecule has 1 heterocycles. The van der Waals surface area contributed by atoms with Gasteiger partial charge in [0.15, 0.2) is 8.32 Å². The molecule has 1 fully saturated rings. The predicted molar refractivity (Wildman–Crippen MR) is 111 cm³/mol. The lowest BCUT2D eigenvalue weighted by atomic mass is 9.93. The molecule has 1 aliphatic heterocycles. The van der Waals surface area contributed by atoms with Gasteiger partial charge in [0.2, 0.25) is 0 Å². The first-order chi connectivity index (χ1) is 12.9. The molecule has 142 valence electrons. The van der Waals surface area contributed by atoms with Gasteiger partial charge >= 0.3 is 0 Å². The minimum absolute atomic E-state index is 0.572. The van der Waals surface area contributed by atoms with Crippen LogP contribution in [0.1, 0.15) is 18.4 Å². The first-order valence-corrected chi connectivity index (χ1v) is 12.9. The summed E-state index contributed by atoms with van der Waals surface area (Å²) < 4.78 is 12.1. The number of nitrogens with zero attached hydrogens (tertiary/aromatic N) is 2. The SMILES string of the molecule is C[Si](C)(C)OC1(C#N)CCN(c2ccc(OCc3ccccc3)cc2)CC1. The average Bonchev–Trinajstić information content (AvgIpc) is 2.67. The summed E-state index contributed by atoms with van der Waals surface area (Å²) in [7, 11) is -1.74. The van der Waals surface area contributed by atoms with E-state index in [0.29, 0.717) is 6.61 Å². The summed E-state index contributed by atoms with van der Waals surface area (Å²) in [6.45, 7) is 8.68. The van der Waals surface area contributed by atoms with Crippen molar-refractivity contribution in [2.45, 2.75) is 44.7 Å². The standard InChI is InChI=1S/C22H28N2O2Si/c1-27(2,3)26-22(18-23)13-15-24(16-14-22)20-9-11-21(12-10-20)25-17-19-7-5-4-6-8-19/h4-12H,13-17H2,1-3H3. The van der Waals surface area contributed by atoms with Crippen LogP contribution in [0.15, 0.2) is 54.6 Å². The minimum atomic E-state index is -1.74. The Bertz CT molecular complexity index is 771. The van der Waals surface area contributed by atoms with Gasteiger partial charge in [0, 0.05) is 31.6 Å². The van der Waals surface area contributed by atoms with Crippen molar-refractivity contribution >= 4 is 14.0 Å². The fourth-order valence-corrected chi connectivity index (χ4v) is 4.86. The van der Waals surface area contributed by atoms with E-state index < -0.39 is 13.9 Å². The Labute approximate surface area is 163 Å². The van der Waals surface area contributed by atoms with E-state index >= 15 is 0 Å². The molecule has 0 amide bonds. The molecule has 2 aromatic rings. The molecule has 0 aromatic heterocycles. The maximum absolute atomic E-state index is 9.66. The third-order valence-electron chi connectivity index (χ3n) is 4.73. The van der Waals surface area contributed by atoms with Gasteiger partial charge in [-0.3, -0.25) is 0 Å². The smallest absolute Gasteiger partial charge is 0.185 e. The van der Waals surface area contributed by atoms with Crippen LogP contribution in [0.25, 0.3) is 0 Å². The van der Waals surface area contributed by atoms with Gasteiger partial charge in [-0.05, 0) is 49.5 Å². The number of ether oxygens (including phenoxy) is 1. The molecule has 4 nitrogen and oxygen atoms in total. The van der Waals surface area contributed by atoms with Crippen molar-refractivity contribution in [1.29, 1.82) is 5.26 Å². The molecular formula is C22H28N2O2Si. The van der Waals surface area contributed by atoms with Gasteiger partial charge < -0.3 is 14.1 Å². The van der Waals surface area contributed by atoms with Crippen molar-refractivity contribution in [3.8, 4) is 11.8 Å². The van der Waals surface area contributed by atoms with Crippen molar-refractivity contribution in [2.24, 2.45) is 0 Å². The largest absolute Gasteiger partial charge is 0.489 e. The van der Waals surface area contributed by atoms with E-state index in [9.17, 15) is 5.26 Å². The zero-order valence-corrected chi connectivity index (χ0v) is 17.4. The van der Waals surface area contributed by atoms with E-state index in [1.165, 1.54) is 5.69 Å². The zero-order chi connectivity index (χ0) is 19.3. The lowest BCUT2D eigenvalue weighted by molar-refractivity contribution is 0.0916. The van der Waals surface area contributed by atoms with Crippen molar-refractivity contribution in [1.82, 2.24) is 0 Å². The average molecular weight is 381 g/mol. The Morgan fingerprint density at radius 2 is 1.63 bits per heavy atom. The van der Waals surface area contributed by atoms with Gasteiger partial charge in [-0.25, -0.2) is 0 Å². The molecular weight excluding hydrogens is 352 g/mol. The molecule has 0 bridgehead atoms. The van der Waals surface area contributed by atoms with Crippen LogP contribution >= 0.6 is 0 Å². The number of nitriles is 1. The quantitative estimate of drug-likeness (QED) is 0.663. The molecule has 0 radical (unpaired) electrons. The van der Waals surface area contributed by atoms with Crippen LogP contribution in [0.3, 0.4) is 0 Å². The molecule has 2 aromatic carbocycles. The second-order valence-corrected chi connectivity index (χ2v) is 12.5. The number of hydrogen-bond acceptors (Lipinski definition) is 4. The number of rotatable bonds is 6. The van der Waals surface area contributed by atoms with Gasteiger partial charge in [-0.1, -0.05) is 30.3 Å². The maximum atomic E-state index is 9.66.